The Morgan fingerprint density at radius 3 is 2.64 bits per heavy atom. The number of H-pyrrole nitrogens is 1. The summed E-state index contributed by atoms with van der Waals surface area (Å²) in [6.07, 6.45) is 0. The van der Waals surface area contributed by atoms with Crippen molar-refractivity contribution in [2.24, 2.45) is 0 Å². The molecule has 3 aromatic rings. The standard InChI is InChI=1S/C16H12FIN2OS/c1-9-6-11(18)3-5-13(9)19-14-7-10(17)2-4-12(14)15-8-16(21)20-22-15/h2-8,19H,1H3,(H,20,21). The number of aromatic nitrogens is 1. The molecule has 0 atom stereocenters. The van der Waals surface area contributed by atoms with Gasteiger partial charge in [0.1, 0.15) is 5.82 Å². The highest BCUT2D eigenvalue weighted by atomic mass is 127. The molecule has 0 aliphatic heterocycles. The van der Waals surface area contributed by atoms with E-state index in [1.165, 1.54) is 29.7 Å². The van der Waals surface area contributed by atoms with E-state index in [9.17, 15) is 9.18 Å². The molecule has 1 aromatic heterocycles. The Bertz CT molecular complexity index is 888. The Hall–Kier alpha value is -1.67. The first kappa shape index (κ1) is 15.2. The van der Waals surface area contributed by atoms with E-state index in [4.69, 9.17) is 0 Å². The fourth-order valence-corrected chi connectivity index (χ4v) is 3.53. The van der Waals surface area contributed by atoms with Crippen LogP contribution < -0.4 is 10.9 Å². The fourth-order valence-electron chi connectivity index (χ4n) is 2.16. The Morgan fingerprint density at radius 2 is 1.95 bits per heavy atom. The van der Waals surface area contributed by atoms with Crippen molar-refractivity contribution in [3.8, 4) is 10.4 Å². The third-order valence-electron chi connectivity index (χ3n) is 3.23. The third kappa shape index (κ3) is 3.22. The molecule has 0 saturated heterocycles. The van der Waals surface area contributed by atoms with E-state index in [2.05, 4.69) is 38.3 Å². The minimum Gasteiger partial charge on any atom is -0.355 e. The van der Waals surface area contributed by atoms with Crippen molar-refractivity contribution in [2.45, 2.75) is 6.92 Å². The molecular formula is C16H12FIN2OS. The van der Waals surface area contributed by atoms with Crippen molar-refractivity contribution in [3.63, 3.8) is 0 Å². The molecular weight excluding hydrogens is 414 g/mol. The van der Waals surface area contributed by atoms with Crippen molar-refractivity contribution in [3.05, 3.63) is 67.8 Å². The van der Waals surface area contributed by atoms with E-state index in [0.717, 1.165) is 25.3 Å². The molecule has 0 saturated carbocycles. The predicted molar refractivity (Wildman–Crippen MR) is 97.5 cm³/mol. The van der Waals surface area contributed by atoms with Gasteiger partial charge in [0.2, 0.25) is 0 Å². The summed E-state index contributed by atoms with van der Waals surface area (Å²) in [5, 5.41) is 3.26. The van der Waals surface area contributed by atoms with Crippen molar-refractivity contribution in [1.29, 1.82) is 0 Å². The number of anilines is 2. The van der Waals surface area contributed by atoms with Gasteiger partial charge in [-0.1, -0.05) is 11.5 Å². The van der Waals surface area contributed by atoms with Gasteiger partial charge in [-0.25, -0.2) is 4.39 Å². The number of hydrogen-bond acceptors (Lipinski definition) is 3. The van der Waals surface area contributed by atoms with Crippen LogP contribution in [-0.4, -0.2) is 4.37 Å². The number of rotatable bonds is 3. The quantitative estimate of drug-likeness (QED) is 0.586. The summed E-state index contributed by atoms with van der Waals surface area (Å²) in [7, 11) is 0. The van der Waals surface area contributed by atoms with Crippen LogP contribution in [0, 0.1) is 16.3 Å². The second-order valence-corrected chi connectivity index (χ2v) is 6.94. The molecule has 0 amide bonds. The van der Waals surface area contributed by atoms with Crippen molar-refractivity contribution >= 4 is 45.5 Å². The van der Waals surface area contributed by atoms with E-state index in [1.807, 2.05) is 19.1 Å². The second kappa shape index (κ2) is 6.21. The molecule has 2 N–H and O–H groups in total. The summed E-state index contributed by atoms with van der Waals surface area (Å²) in [6, 6.07) is 12.0. The Labute approximate surface area is 144 Å². The summed E-state index contributed by atoms with van der Waals surface area (Å²) < 4.78 is 17.4. The van der Waals surface area contributed by atoms with E-state index >= 15 is 0 Å². The van der Waals surface area contributed by atoms with Gasteiger partial charge in [-0.2, -0.15) is 0 Å². The molecule has 2 aromatic carbocycles. The highest BCUT2D eigenvalue weighted by molar-refractivity contribution is 14.1. The minimum absolute atomic E-state index is 0.152. The summed E-state index contributed by atoms with van der Waals surface area (Å²) >= 11 is 3.49. The number of halogens is 2. The van der Waals surface area contributed by atoms with E-state index in [1.54, 1.807) is 6.07 Å². The zero-order chi connectivity index (χ0) is 15.7. The van der Waals surface area contributed by atoms with Crippen LogP contribution in [0.5, 0.6) is 0 Å². The van der Waals surface area contributed by atoms with Gasteiger partial charge in [-0.15, -0.1) is 0 Å². The fraction of sp³-hybridized carbons (Fsp3) is 0.0625. The summed E-state index contributed by atoms with van der Waals surface area (Å²) in [4.78, 5) is 12.1. The van der Waals surface area contributed by atoms with Crippen LogP contribution >= 0.6 is 34.1 Å². The molecule has 3 rings (SSSR count). The largest absolute Gasteiger partial charge is 0.355 e. The van der Waals surface area contributed by atoms with Gasteiger partial charge in [-0.05, 0) is 71.5 Å². The number of aromatic amines is 1. The zero-order valence-electron chi connectivity index (χ0n) is 11.6. The molecule has 22 heavy (non-hydrogen) atoms. The molecule has 3 nitrogen and oxygen atoms in total. The molecule has 0 bridgehead atoms. The SMILES string of the molecule is Cc1cc(I)ccc1Nc1cc(F)ccc1-c1cc(=O)[nH]s1. The van der Waals surface area contributed by atoms with E-state index in [0.29, 0.717) is 5.69 Å². The topological polar surface area (TPSA) is 44.9 Å². The Balaban J connectivity index is 2.06. The molecule has 0 spiro atoms. The summed E-state index contributed by atoms with van der Waals surface area (Å²) in [5.74, 6) is -0.322. The van der Waals surface area contributed by atoms with Crippen LogP contribution in [0.25, 0.3) is 10.4 Å². The zero-order valence-corrected chi connectivity index (χ0v) is 14.6. The molecule has 0 aliphatic rings. The van der Waals surface area contributed by atoms with Gasteiger partial charge in [0.15, 0.2) is 0 Å². The maximum absolute atomic E-state index is 13.6. The molecule has 112 valence electrons. The second-order valence-electron chi connectivity index (χ2n) is 4.85. The summed E-state index contributed by atoms with van der Waals surface area (Å²) in [5.41, 5.74) is 3.27. The lowest BCUT2D eigenvalue weighted by atomic mass is 10.1. The van der Waals surface area contributed by atoms with Crippen LogP contribution in [-0.2, 0) is 0 Å². The average Bonchev–Trinajstić information content (AvgIpc) is 2.88. The first-order valence-electron chi connectivity index (χ1n) is 6.54. The van der Waals surface area contributed by atoms with Crippen molar-refractivity contribution in [1.82, 2.24) is 4.37 Å². The number of hydrogen-bond donors (Lipinski definition) is 2. The van der Waals surface area contributed by atoms with Crippen LogP contribution in [0.4, 0.5) is 15.8 Å². The Kier molecular flexibility index (Phi) is 4.30. The van der Waals surface area contributed by atoms with Gasteiger partial charge in [-0.3, -0.25) is 9.17 Å². The average molecular weight is 426 g/mol. The van der Waals surface area contributed by atoms with Gasteiger partial charge >= 0.3 is 0 Å². The number of nitrogens with one attached hydrogen (secondary N) is 2. The maximum atomic E-state index is 13.6. The van der Waals surface area contributed by atoms with Crippen LogP contribution in [0.15, 0.2) is 47.3 Å². The van der Waals surface area contributed by atoms with Crippen LogP contribution in [0.2, 0.25) is 0 Å². The molecule has 6 heteroatoms. The first-order chi connectivity index (χ1) is 10.5. The third-order valence-corrected chi connectivity index (χ3v) is 4.76. The minimum atomic E-state index is -0.322. The molecule has 1 heterocycles. The smallest absolute Gasteiger partial charge is 0.258 e. The van der Waals surface area contributed by atoms with E-state index < -0.39 is 0 Å². The van der Waals surface area contributed by atoms with Crippen molar-refractivity contribution in [2.75, 3.05) is 5.32 Å². The van der Waals surface area contributed by atoms with Gasteiger partial charge < -0.3 is 5.32 Å². The predicted octanol–water partition coefficient (Wildman–Crippen LogP) is 4.90. The molecule has 0 unspecified atom stereocenters. The van der Waals surface area contributed by atoms with Gasteiger partial charge in [0.25, 0.3) is 5.56 Å². The Morgan fingerprint density at radius 1 is 1.14 bits per heavy atom. The normalized spacial score (nSPS) is 10.7. The highest BCUT2D eigenvalue weighted by Crippen LogP contribution is 2.33. The number of aryl methyl sites for hydroxylation is 1. The lowest BCUT2D eigenvalue weighted by Crippen LogP contribution is -1.97. The lowest BCUT2D eigenvalue weighted by molar-refractivity contribution is 0.628. The molecule has 0 radical (unpaired) electrons. The molecule has 0 fully saturated rings. The molecule has 0 aliphatic carbocycles. The monoisotopic (exact) mass is 426 g/mol. The van der Waals surface area contributed by atoms with Gasteiger partial charge in [0.05, 0.1) is 10.6 Å². The highest BCUT2D eigenvalue weighted by Gasteiger charge is 2.10. The van der Waals surface area contributed by atoms with E-state index in [-0.39, 0.29) is 11.4 Å². The van der Waals surface area contributed by atoms with Crippen molar-refractivity contribution < 1.29 is 4.39 Å². The van der Waals surface area contributed by atoms with Crippen LogP contribution in [0.1, 0.15) is 5.56 Å². The maximum Gasteiger partial charge on any atom is 0.258 e. The first-order valence-corrected chi connectivity index (χ1v) is 8.44. The van der Waals surface area contributed by atoms with Gasteiger partial charge in [0, 0.05) is 20.9 Å². The van der Waals surface area contributed by atoms with Crippen LogP contribution in [0.3, 0.4) is 0 Å². The lowest BCUT2D eigenvalue weighted by Gasteiger charge is -2.13. The summed E-state index contributed by atoms with van der Waals surface area (Å²) in [6.45, 7) is 2.00. The number of benzene rings is 2.